The second-order valence-corrected chi connectivity index (χ2v) is 3.67. The molecule has 60 valence electrons. The van der Waals surface area contributed by atoms with Gasteiger partial charge < -0.3 is 5.32 Å². The summed E-state index contributed by atoms with van der Waals surface area (Å²) in [5.74, 6) is 0.759. The third kappa shape index (κ3) is 2.48. The number of aromatic nitrogens is 1. The average molecular weight is 283 g/mol. The fraction of sp³-hybridized carbons (Fsp3) is 0.286. The van der Waals surface area contributed by atoms with Crippen LogP contribution in [0.15, 0.2) is 12.3 Å². The fourth-order valence-corrected chi connectivity index (χ4v) is 1.58. The van der Waals surface area contributed by atoms with Crippen LogP contribution in [-0.2, 0) is 0 Å². The van der Waals surface area contributed by atoms with Crippen LogP contribution in [0.25, 0.3) is 0 Å². The van der Waals surface area contributed by atoms with Crippen LogP contribution in [0.4, 0.5) is 5.82 Å². The number of halogens is 2. The van der Waals surface area contributed by atoms with E-state index in [1.165, 1.54) is 0 Å². The molecule has 1 N–H and O–H groups in total. The van der Waals surface area contributed by atoms with Crippen molar-refractivity contribution < 1.29 is 0 Å². The summed E-state index contributed by atoms with van der Waals surface area (Å²) >= 11 is 8.05. The molecule has 0 saturated heterocycles. The Bertz CT molecular complexity index is 252. The summed E-state index contributed by atoms with van der Waals surface area (Å²) in [6.07, 6.45) is 1.78. The van der Waals surface area contributed by atoms with Crippen molar-refractivity contribution in [1.82, 2.24) is 4.98 Å². The van der Waals surface area contributed by atoms with Gasteiger partial charge in [0.1, 0.15) is 5.82 Å². The Morgan fingerprint density at radius 2 is 2.45 bits per heavy atom. The molecule has 0 aliphatic heterocycles. The van der Waals surface area contributed by atoms with Gasteiger partial charge in [0.2, 0.25) is 0 Å². The highest BCUT2D eigenvalue weighted by atomic mass is 127. The van der Waals surface area contributed by atoms with Crippen LogP contribution >= 0.6 is 34.2 Å². The molecule has 1 aromatic rings. The van der Waals surface area contributed by atoms with Gasteiger partial charge in [0.15, 0.2) is 0 Å². The summed E-state index contributed by atoms with van der Waals surface area (Å²) in [6, 6.07) is 1.88. The van der Waals surface area contributed by atoms with Crippen LogP contribution in [0.1, 0.15) is 6.92 Å². The summed E-state index contributed by atoms with van der Waals surface area (Å²) in [5, 5.41) is 3.74. The first-order chi connectivity index (χ1) is 5.24. The van der Waals surface area contributed by atoms with Crippen molar-refractivity contribution in [2.45, 2.75) is 6.92 Å². The van der Waals surface area contributed by atoms with Gasteiger partial charge in [0, 0.05) is 16.3 Å². The van der Waals surface area contributed by atoms with Crippen molar-refractivity contribution >= 4 is 40.0 Å². The number of pyridine rings is 1. The molecule has 4 heteroatoms. The summed E-state index contributed by atoms with van der Waals surface area (Å²) in [5.41, 5.74) is 0. The maximum absolute atomic E-state index is 5.88. The highest BCUT2D eigenvalue weighted by Gasteiger charge is 1.99. The number of hydrogen-bond donors (Lipinski definition) is 1. The smallest absolute Gasteiger partial charge is 0.144 e. The highest BCUT2D eigenvalue weighted by Crippen LogP contribution is 2.20. The first kappa shape index (κ1) is 9.06. The Hall–Kier alpha value is -0.0300. The first-order valence-corrected chi connectivity index (χ1v) is 4.74. The van der Waals surface area contributed by atoms with E-state index in [0.29, 0.717) is 5.02 Å². The molecule has 0 aliphatic carbocycles. The van der Waals surface area contributed by atoms with Crippen LogP contribution in [0, 0.1) is 3.57 Å². The molecule has 0 bridgehead atoms. The van der Waals surface area contributed by atoms with Crippen LogP contribution < -0.4 is 5.32 Å². The first-order valence-electron chi connectivity index (χ1n) is 3.29. The van der Waals surface area contributed by atoms with E-state index in [-0.39, 0.29) is 0 Å². The van der Waals surface area contributed by atoms with Crippen LogP contribution in [0.3, 0.4) is 0 Å². The number of hydrogen-bond acceptors (Lipinski definition) is 2. The predicted octanol–water partition coefficient (Wildman–Crippen LogP) is 2.77. The minimum absolute atomic E-state index is 0.679. The monoisotopic (exact) mass is 282 g/mol. The quantitative estimate of drug-likeness (QED) is 0.844. The van der Waals surface area contributed by atoms with Gasteiger partial charge in [-0.25, -0.2) is 4.98 Å². The third-order valence-corrected chi connectivity index (χ3v) is 2.03. The zero-order chi connectivity index (χ0) is 8.27. The standard InChI is InChI=1S/C7H8ClIN2/c1-2-10-7-6(8)3-5(9)4-11-7/h3-4H,2H2,1H3,(H,10,11). The summed E-state index contributed by atoms with van der Waals surface area (Å²) < 4.78 is 1.05. The van der Waals surface area contributed by atoms with Crippen molar-refractivity contribution in [2.24, 2.45) is 0 Å². The van der Waals surface area contributed by atoms with E-state index in [2.05, 4.69) is 32.9 Å². The Kier molecular flexibility index (Phi) is 3.39. The van der Waals surface area contributed by atoms with Crippen LogP contribution in [0.5, 0.6) is 0 Å². The second kappa shape index (κ2) is 4.11. The second-order valence-electron chi connectivity index (χ2n) is 2.01. The van der Waals surface area contributed by atoms with Gasteiger partial charge in [-0.15, -0.1) is 0 Å². The molecule has 0 saturated carbocycles. The molecule has 1 aromatic heterocycles. The molecule has 1 rings (SSSR count). The van der Waals surface area contributed by atoms with E-state index in [1.807, 2.05) is 13.0 Å². The molecular weight excluding hydrogens is 274 g/mol. The molecule has 11 heavy (non-hydrogen) atoms. The van der Waals surface area contributed by atoms with Gasteiger partial charge in [0.05, 0.1) is 5.02 Å². The lowest BCUT2D eigenvalue weighted by atomic mass is 10.4. The molecule has 0 unspecified atom stereocenters. The van der Waals surface area contributed by atoms with Crippen molar-refractivity contribution in [1.29, 1.82) is 0 Å². The third-order valence-electron chi connectivity index (χ3n) is 1.15. The molecule has 0 aliphatic rings. The Balaban J connectivity index is 2.90. The van der Waals surface area contributed by atoms with E-state index in [1.54, 1.807) is 6.20 Å². The molecule has 0 radical (unpaired) electrons. The van der Waals surface area contributed by atoms with Crippen molar-refractivity contribution in [3.63, 3.8) is 0 Å². The maximum Gasteiger partial charge on any atom is 0.144 e. The van der Waals surface area contributed by atoms with Gasteiger partial charge in [0.25, 0.3) is 0 Å². The van der Waals surface area contributed by atoms with Crippen molar-refractivity contribution in [3.8, 4) is 0 Å². The van der Waals surface area contributed by atoms with Gasteiger partial charge in [-0.1, -0.05) is 11.6 Å². The van der Waals surface area contributed by atoms with Crippen LogP contribution in [0.2, 0.25) is 5.02 Å². The molecule has 2 nitrogen and oxygen atoms in total. The lowest BCUT2D eigenvalue weighted by Gasteiger charge is -2.03. The van der Waals surface area contributed by atoms with Gasteiger partial charge >= 0.3 is 0 Å². The Labute approximate surface area is 84.5 Å². The van der Waals surface area contributed by atoms with Gasteiger partial charge in [-0.05, 0) is 35.6 Å². The van der Waals surface area contributed by atoms with E-state index in [9.17, 15) is 0 Å². The Morgan fingerprint density at radius 1 is 1.73 bits per heavy atom. The zero-order valence-corrected chi connectivity index (χ0v) is 8.98. The number of nitrogens with one attached hydrogen (secondary N) is 1. The molecule has 0 spiro atoms. The summed E-state index contributed by atoms with van der Waals surface area (Å²) in [6.45, 7) is 2.85. The SMILES string of the molecule is CCNc1ncc(I)cc1Cl. The van der Waals surface area contributed by atoms with E-state index in [4.69, 9.17) is 11.6 Å². The minimum Gasteiger partial charge on any atom is -0.369 e. The van der Waals surface area contributed by atoms with Crippen LogP contribution in [-0.4, -0.2) is 11.5 Å². The number of rotatable bonds is 2. The van der Waals surface area contributed by atoms with Gasteiger partial charge in [-0.3, -0.25) is 0 Å². The molecule has 0 fully saturated rings. The molecular formula is C7H8ClIN2. The van der Waals surface area contributed by atoms with E-state index >= 15 is 0 Å². The molecule has 1 heterocycles. The van der Waals surface area contributed by atoms with Crippen molar-refractivity contribution in [2.75, 3.05) is 11.9 Å². The Morgan fingerprint density at radius 3 is 3.00 bits per heavy atom. The lowest BCUT2D eigenvalue weighted by Crippen LogP contribution is -1.99. The molecule has 0 amide bonds. The molecule has 0 aromatic carbocycles. The maximum atomic E-state index is 5.88. The summed E-state index contributed by atoms with van der Waals surface area (Å²) in [7, 11) is 0. The number of anilines is 1. The summed E-state index contributed by atoms with van der Waals surface area (Å²) in [4.78, 5) is 4.12. The highest BCUT2D eigenvalue weighted by molar-refractivity contribution is 14.1. The predicted molar refractivity (Wildman–Crippen MR) is 56.1 cm³/mol. The fourth-order valence-electron chi connectivity index (χ4n) is 0.712. The topological polar surface area (TPSA) is 24.9 Å². The normalized spacial score (nSPS) is 9.73. The van der Waals surface area contributed by atoms with Crippen molar-refractivity contribution in [3.05, 3.63) is 20.9 Å². The molecule has 0 atom stereocenters. The number of nitrogens with zero attached hydrogens (tertiary/aromatic N) is 1. The zero-order valence-electron chi connectivity index (χ0n) is 6.06. The largest absolute Gasteiger partial charge is 0.369 e. The average Bonchev–Trinajstić information content (AvgIpc) is 1.95. The van der Waals surface area contributed by atoms with E-state index < -0.39 is 0 Å². The lowest BCUT2D eigenvalue weighted by molar-refractivity contribution is 1.15. The van der Waals surface area contributed by atoms with E-state index in [0.717, 1.165) is 15.9 Å². The minimum atomic E-state index is 0.679. The van der Waals surface area contributed by atoms with Gasteiger partial charge in [-0.2, -0.15) is 0 Å².